The topological polar surface area (TPSA) is 34.8 Å². The maximum atomic E-state index is 13.0. The summed E-state index contributed by atoms with van der Waals surface area (Å²) in [4.78, 5) is 5.79. The van der Waals surface area contributed by atoms with Gasteiger partial charge in [0, 0.05) is 13.0 Å². The number of hydroxylamine groups is 1. The van der Waals surface area contributed by atoms with Crippen molar-refractivity contribution in [1.29, 1.82) is 0 Å². The van der Waals surface area contributed by atoms with E-state index in [-0.39, 0.29) is 18.1 Å². The first kappa shape index (κ1) is 13.1. The van der Waals surface area contributed by atoms with E-state index in [9.17, 15) is 4.39 Å². The summed E-state index contributed by atoms with van der Waals surface area (Å²) in [5, 5.41) is 1.72. The van der Waals surface area contributed by atoms with E-state index in [1.54, 1.807) is 23.5 Å². The molecule has 1 aliphatic heterocycles. The molecule has 0 amide bonds. The molecule has 106 valence electrons. The largest absolute Gasteiger partial charge is 0.467 e. The lowest BCUT2D eigenvalue weighted by Gasteiger charge is -2.23. The fourth-order valence-electron chi connectivity index (χ4n) is 2.35. The third-order valence-electron chi connectivity index (χ3n) is 3.24. The Morgan fingerprint density at radius 1 is 1.30 bits per heavy atom. The Kier molecular flexibility index (Phi) is 3.71. The lowest BCUT2D eigenvalue weighted by molar-refractivity contribution is -0.115. The molecule has 0 N–H and O–H groups in total. The Morgan fingerprint density at radius 3 is 2.75 bits per heavy atom. The van der Waals surface area contributed by atoms with Gasteiger partial charge in [0.1, 0.15) is 17.6 Å². The van der Waals surface area contributed by atoms with Crippen LogP contribution in [0, 0.1) is 5.82 Å². The van der Waals surface area contributed by atoms with E-state index in [4.69, 9.17) is 14.0 Å². The van der Waals surface area contributed by atoms with Gasteiger partial charge in [0.15, 0.2) is 6.29 Å². The van der Waals surface area contributed by atoms with Crippen molar-refractivity contribution in [2.24, 2.45) is 0 Å². The summed E-state index contributed by atoms with van der Waals surface area (Å²) in [6, 6.07) is 9.84. The van der Waals surface area contributed by atoms with Crippen molar-refractivity contribution in [3.05, 3.63) is 54.2 Å². The third-order valence-corrected chi connectivity index (χ3v) is 3.24. The number of hydrogen-bond acceptors (Lipinski definition) is 4. The van der Waals surface area contributed by atoms with Crippen molar-refractivity contribution in [2.45, 2.75) is 25.7 Å². The number of rotatable bonds is 4. The molecule has 1 aromatic carbocycles. The molecular formula is C15H16FNO3. The number of anilines is 1. The Hall–Kier alpha value is -1.85. The average Bonchev–Trinajstić information content (AvgIpc) is 3.08. The number of hydrogen-bond donors (Lipinski definition) is 0. The van der Waals surface area contributed by atoms with Crippen LogP contribution in [0.4, 0.5) is 10.1 Å². The molecule has 2 aromatic rings. The van der Waals surface area contributed by atoms with Crippen LogP contribution in [-0.2, 0) is 9.57 Å². The molecule has 1 saturated heterocycles. The van der Waals surface area contributed by atoms with Crippen LogP contribution in [0.1, 0.15) is 25.1 Å². The molecule has 5 heteroatoms. The molecule has 0 bridgehead atoms. The van der Waals surface area contributed by atoms with Gasteiger partial charge in [-0.3, -0.25) is 0 Å². The molecule has 4 nitrogen and oxygen atoms in total. The SMILES string of the molecule is CCO[C@H]1C[C@H](c2ccco2)N(c2ccc(F)cc2)O1. The second-order valence-electron chi connectivity index (χ2n) is 4.56. The van der Waals surface area contributed by atoms with Gasteiger partial charge in [0.05, 0.1) is 12.0 Å². The Morgan fingerprint density at radius 2 is 2.10 bits per heavy atom. The van der Waals surface area contributed by atoms with Gasteiger partial charge in [0.2, 0.25) is 0 Å². The summed E-state index contributed by atoms with van der Waals surface area (Å²) < 4.78 is 24.0. The Balaban J connectivity index is 1.87. The van der Waals surface area contributed by atoms with E-state index in [1.165, 1.54) is 12.1 Å². The quantitative estimate of drug-likeness (QED) is 0.854. The zero-order valence-corrected chi connectivity index (χ0v) is 11.2. The van der Waals surface area contributed by atoms with Gasteiger partial charge in [-0.1, -0.05) is 0 Å². The van der Waals surface area contributed by atoms with Crippen molar-refractivity contribution < 1.29 is 18.4 Å². The molecule has 0 saturated carbocycles. The second kappa shape index (κ2) is 5.64. The standard InChI is InChI=1S/C15H16FNO3/c1-2-18-15-10-13(14-4-3-9-19-14)17(20-15)12-7-5-11(16)6-8-12/h3-9,13,15H,2,10H2,1H3/t13-,15-/m1/s1. The first-order valence-electron chi connectivity index (χ1n) is 6.64. The second-order valence-corrected chi connectivity index (χ2v) is 4.56. The van der Waals surface area contributed by atoms with E-state index >= 15 is 0 Å². The molecule has 20 heavy (non-hydrogen) atoms. The molecule has 1 fully saturated rings. The normalized spacial score (nSPS) is 22.4. The number of nitrogens with zero attached hydrogens (tertiary/aromatic N) is 1. The van der Waals surface area contributed by atoms with Crippen LogP contribution in [0.15, 0.2) is 47.1 Å². The van der Waals surface area contributed by atoms with Gasteiger partial charge >= 0.3 is 0 Å². The van der Waals surface area contributed by atoms with Crippen molar-refractivity contribution in [2.75, 3.05) is 11.7 Å². The highest BCUT2D eigenvalue weighted by atomic mass is 19.1. The highest BCUT2D eigenvalue weighted by Gasteiger charge is 2.37. The summed E-state index contributed by atoms with van der Waals surface area (Å²) in [5.41, 5.74) is 0.773. The molecule has 2 heterocycles. The minimum absolute atomic E-state index is 0.0768. The molecule has 0 spiro atoms. The van der Waals surface area contributed by atoms with Gasteiger partial charge < -0.3 is 9.15 Å². The predicted octanol–water partition coefficient (Wildman–Crippen LogP) is 3.66. The molecular weight excluding hydrogens is 261 g/mol. The van der Waals surface area contributed by atoms with Gasteiger partial charge in [-0.15, -0.1) is 0 Å². The summed E-state index contributed by atoms with van der Waals surface area (Å²) in [6.45, 7) is 2.50. The van der Waals surface area contributed by atoms with E-state index in [0.717, 1.165) is 11.4 Å². The maximum Gasteiger partial charge on any atom is 0.186 e. The van der Waals surface area contributed by atoms with Crippen LogP contribution in [-0.4, -0.2) is 12.9 Å². The van der Waals surface area contributed by atoms with Crippen molar-refractivity contribution in [1.82, 2.24) is 0 Å². The van der Waals surface area contributed by atoms with Crippen LogP contribution in [0.3, 0.4) is 0 Å². The predicted molar refractivity (Wildman–Crippen MR) is 71.4 cm³/mol. The fraction of sp³-hybridized carbons (Fsp3) is 0.333. The zero-order chi connectivity index (χ0) is 13.9. The first-order chi connectivity index (χ1) is 9.78. The number of ether oxygens (including phenoxy) is 1. The molecule has 2 atom stereocenters. The molecule has 3 rings (SSSR count). The molecule has 0 radical (unpaired) electrons. The molecule has 1 aliphatic rings. The van der Waals surface area contributed by atoms with E-state index < -0.39 is 0 Å². The van der Waals surface area contributed by atoms with E-state index in [2.05, 4.69) is 0 Å². The average molecular weight is 277 g/mol. The number of halogens is 1. The van der Waals surface area contributed by atoms with Crippen molar-refractivity contribution in [3.63, 3.8) is 0 Å². The van der Waals surface area contributed by atoms with Crippen LogP contribution in [0.2, 0.25) is 0 Å². The van der Waals surface area contributed by atoms with E-state index in [1.807, 2.05) is 19.1 Å². The van der Waals surface area contributed by atoms with Crippen LogP contribution >= 0.6 is 0 Å². The molecule has 1 aromatic heterocycles. The van der Waals surface area contributed by atoms with Crippen molar-refractivity contribution in [3.8, 4) is 0 Å². The number of furan rings is 1. The van der Waals surface area contributed by atoms with Gasteiger partial charge in [0.25, 0.3) is 0 Å². The van der Waals surface area contributed by atoms with E-state index in [0.29, 0.717) is 13.0 Å². The molecule has 0 aliphatic carbocycles. The first-order valence-corrected chi connectivity index (χ1v) is 6.64. The Bertz CT molecular complexity index is 541. The summed E-state index contributed by atoms with van der Waals surface area (Å²) in [5.74, 6) is 0.528. The maximum absolute atomic E-state index is 13.0. The van der Waals surface area contributed by atoms with Crippen molar-refractivity contribution >= 4 is 5.69 Å². The monoisotopic (exact) mass is 277 g/mol. The Labute approximate surface area is 116 Å². The highest BCUT2D eigenvalue weighted by molar-refractivity contribution is 5.46. The zero-order valence-electron chi connectivity index (χ0n) is 11.2. The van der Waals surface area contributed by atoms with Crippen LogP contribution < -0.4 is 5.06 Å². The number of benzene rings is 1. The van der Waals surface area contributed by atoms with Crippen LogP contribution in [0.5, 0.6) is 0 Å². The smallest absolute Gasteiger partial charge is 0.186 e. The van der Waals surface area contributed by atoms with Gasteiger partial charge in [-0.2, -0.15) is 0 Å². The molecule has 0 unspecified atom stereocenters. The lowest BCUT2D eigenvalue weighted by Crippen LogP contribution is -2.22. The summed E-state index contributed by atoms with van der Waals surface area (Å²) >= 11 is 0. The fourth-order valence-corrected chi connectivity index (χ4v) is 2.35. The lowest BCUT2D eigenvalue weighted by atomic mass is 10.1. The van der Waals surface area contributed by atoms with Crippen LogP contribution in [0.25, 0.3) is 0 Å². The summed E-state index contributed by atoms with van der Waals surface area (Å²) in [6.07, 6.45) is 1.98. The minimum atomic E-state index is -0.319. The minimum Gasteiger partial charge on any atom is -0.467 e. The highest BCUT2D eigenvalue weighted by Crippen LogP contribution is 2.38. The summed E-state index contributed by atoms with van der Waals surface area (Å²) in [7, 11) is 0. The van der Waals surface area contributed by atoms with Gasteiger partial charge in [-0.05, 0) is 43.3 Å². The third kappa shape index (κ3) is 2.55. The van der Waals surface area contributed by atoms with Gasteiger partial charge in [-0.25, -0.2) is 14.3 Å².